The highest BCUT2D eigenvalue weighted by atomic mass is 16.5. The van der Waals surface area contributed by atoms with Crippen molar-refractivity contribution >= 4 is 0 Å². The van der Waals surface area contributed by atoms with E-state index in [0.717, 1.165) is 26.1 Å². The zero-order valence-electron chi connectivity index (χ0n) is 10.1. The van der Waals surface area contributed by atoms with Crippen molar-refractivity contribution in [3.63, 3.8) is 0 Å². The molecular weight excluding hydrogens is 192 g/mol. The Hall–Kier alpha value is -0.160. The third kappa shape index (κ3) is 4.47. The standard InChI is InChI=1S/C11H24N2O2/c1-9-7-13(8-10(2)15-9)5-4-11(6-12)14-3/h9-11H,4-8,12H2,1-3H3/t9-,10+,11?. The SMILES string of the molecule is COC(CN)CCN1C[C@@H](C)O[C@@H](C)C1. The Kier molecular flexibility index (Phi) is 5.53. The molecule has 1 unspecified atom stereocenters. The molecule has 15 heavy (non-hydrogen) atoms. The summed E-state index contributed by atoms with van der Waals surface area (Å²) in [5, 5.41) is 0. The molecule has 90 valence electrons. The fourth-order valence-electron chi connectivity index (χ4n) is 2.13. The van der Waals surface area contributed by atoms with Crippen LogP contribution in [0.3, 0.4) is 0 Å². The summed E-state index contributed by atoms with van der Waals surface area (Å²) in [4.78, 5) is 2.43. The van der Waals surface area contributed by atoms with Crippen molar-refractivity contribution in [1.29, 1.82) is 0 Å². The summed E-state index contributed by atoms with van der Waals surface area (Å²) in [5.41, 5.74) is 5.59. The first-order chi connectivity index (χ1) is 7.15. The summed E-state index contributed by atoms with van der Waals surface area (Å²) < 4.78 is 10.9. The number of morpholine rings is 1. The van der Waals surface area contributed by atoms with E-state index in [-0.39, 0.29) is 6.10 Å². The molecule has 4 nitrogen and oxygen atoms in total. The Balaban J connectivity index is 2.25. The van der Waals surface area contributed by atoms with Crippen molar-refractivity contribution in [3.05, 3.63) is 0 Å². The van der Waals surface area contributed by atoms with Crippen LogP contribution in [0.25, 0.3) is 0 Å². The maximum atomic E-state index is 5.68. The predicted octanol–water partition coefficient (Wildman–Crippen LogP) is 0.459. The summed E-state index contributed by atoms with van der Waals surface area (Å²) in [6, 6.07) is 0. The Morgan fingerprint density at radius 3 is 2.47 bits per heavy atom. The maximum absolute atomic E-state index is 5.68. The van der Waals surface area contributed by atoms with E-state index in [9.17, 15) is 0 Å². The maximum Gasteiger partial charge on any atom is 0.0705 e. The molecule has 0 amide bonds. The van der Waals surface area contributed by atoms with E-state index < -0.39 is 0 Å². The molecule has 0 aromatic heterocycles. The second kappa shape index (κ2) is 6.43. The quantitative estimate of drug-likeness (QED) is 0.725. The molecule has 1 heterocycles. The number of hydrogen-bond acceptors (Lipinski definition) is 4. The van der Waals surface area contributed by atoms with Gasteiger partial charge in [-0.2, -0.15) is 0 Å². The van der Waals surface area contributed by atoms with E-state index in [1.807, 2.05) is 0 Å². The van der Waals surface area contributed by atoms with Crippen LogP contribution in [0, 0.1) is 0 Å². The minimum atomic E-state index is 0.193. The second-order valence-electron chi connectivity index (χ2n) is 4.40. The second-order valence-corrected chi connectivity index (χ2v) is 4.40. The van der Waals surface area contributed by atoms with Gasteiger partial charge in [-0.05, 0) is 20.3 Å². The number of nitrogens with zero attached hydrogens (tertiary/aromatic N) is 1. The van der Waals surface area contributed by atoms with Crippen molar-refractivity contribution in [3.8, 4) is 0 Å². The number of hydrogen-bond donors (Lipinski definition) is 1. The zero-order valence-corrected chi connectivity index (χ0v) is 10.1. The summed E-state index contributed by atoms with van der Waals surface area (Å²) >= 11 is 0. The van der Waals surface area contributed by atoms with Crippen LogP contribution in [0.4, 0.5) is 0 Å². The topological polar surface area (TPSA) is 47.7 Å². The highest BCUT2D eigenvalue weighted by Gasteiger charge is 2.22. The van der Waals surface area contributed by atoms with Crippen molar-refractivity contribution < 1.29 is 9.47 Å². The van der Waals surface area contributed by atoms with Crippen molar-refractivity contribution in [1.82, 2.24) is 4.90 Å². The van der Waals surface area contributed by atoms with Gasteiger partial charge in [0.2, 0.25) is 0 Å². The minimum absolute atomic E-state index is 0.193. The molecule has 1 fully saturated rings. The lowest BCUT2D eigenvalue weighted by Gasteiger charge is -2.35. The predicted molar refractivity (Wildman–Crippen MR) is 60.9 cm³/mol. The summed E-state index contributed by atoms with van der Waals surface area (Å²) in [7, 11) is 1.72. The Morgan fingerprint density at radius 1 is 1.40 bits per heavy atom. The first-order valence-corrected chi connectivity index (χ1v) is 5.76. The van der Waals surface area contributed by atoms with Gasteiger partial charge in [0.1, 0.15) is 0 Å². The lowest BCUT2D eigenvalue weighted by molar-refractivity contribution is -0.0707. The van der Waals surface area contributed by atoms with Crippen LogP contribution in [0.2, 0.25) is 0 Å². The fraction of sp³-hybridized carbons (Fsp3) is 1.00. The van der Waals surface area contributed by atoms with Gasteiger partial charge in [0.15, 0.2) is 0 Å². The van der Waals surface area contributed by atoms with Gasteiger partial charge in [-0.15, -0.1) is 0 Å². The van der Waals surface area contributed by atoms with Crippen LogP contribution in [-0.2, 0) is 9.47 Å². The highest BCUT2D eigenvalue weighted by molar-refractivity contribution is 4.74. The van der Waals surface area contributed by atoms with Crippen LogP contribution in [0.1, 0.15) is 20.3 Å². The zero-order chi connectivity index (χ0) is 11.3. The van der Waals surface area contributed by atoms with Gasteiger partial charge in [-0.25, -0.2) is 0 Å². The number of rotatable bonds is 5. The molecule has 1 saturated heterocycles. The lowest BCUT2D eigenvalue weighted by Crippen LogP contribution is -2.46. The number of nitrogens with two attached hydrogens (primary N) is 1. The molecule has 0 bridgehead atoms. The highest BCUT2D eigenvalue weighted by Crippen LogP contribution is 2.11. The molecule has 1 rings (SSSR count). The largest absolute Gasteiger partial charge is 0.380 e. The van der Waals surface area contributed by atoms with Crippen LogP contribution < -0.4 is 5.73 Å². The van der Waals surface area contributed by atoms with Gasteiger partial charge in [-0.3, -0.25) is 4.90 Å². The van der Waals surface area contributed by atoms with Crippen LogP contribution >= 0.6 is 0 Å². The van der Waals surface area contributed by atoms with E-state index in [4.69, 9.17) is 15.2 Å². The van der Waals surface area contributed by atoms with E-state index in [0.29, 0.717) is 18.8 Å². The van der Waals surface area contributed by atoms with Gasteiger partial charge in [0.05, 0.1) is 18.3 Å². The van der Waals surface area contributed by atoms with Crippen LogP contribution in [0.5, 0.6) is 0 Å². The Labute approximate surface area is 92.7 Å². The monoisotopic (exact) mass is 216 g/mol. The van der Waals surface area contributed by atoms with Crippen LogP contribution in [-0.4, -0.2) is 56.5 Å². The summed E-state index contributed by atoms with van der Waals surface area (Å²) in [6.07, 6.45) is 1.88. The van der Waals surface area contributed by atoms with E-state index in [1.54, 1.807) is 7.11 Å². The van der Waals surface area contributed by atoms with Crippen LogP contribution in [0.15, 0.2) is 0 Å². The fourth-order valence-corrected chi connectivity index (χ4v) is 2.13. The molecular formula is C11H24N2O2. The molecule has 0 aromatic rings. The smallest absolute Gasteiger partial charge is 0.0705 e. The first-order valence-electron chi connectivity index (χ1n) is 5.76. The van der Waals surface area contributed by atoms with Gasteiger partial charge >= 0.3 is 0 Å². The Morgan fingerprint density at radius 2 is 2.00 bits per heavy atom. The first kappa shape index (κ1) is 12.9. The normalized spacial score (nSPS) is 30.4. The van der Waals surface area contributed by atoms with Crippen molar-refractivity contribution in [2.75, 3.05) is 33.3 Å². The molecule has 0 saturated carbocycles. The van der Waals surface area contributed by atoms with Gasteiger partial charge in [0.25, 0.3) is 0 Å². The average molecular weight is 216 g/mol. The summed E-state index contributed by atoms with van der Waals surface area (Å²) in [5.74, 6) is 0. The molecule has 0 radical (unpaired) electrons. The molecule has 0 aromatic carbocycles. The molecule has 0 aliphatic carbocycles. The van der Waals surface area contributed by atoms with Crippen molar-refractivity contribution in [2.45, 2.75) is 38.6 Å². The Bertz CT molecular complexity index is 164. The molecule has 0 spiro atoms. The van der Waals surface area contributed by atoms with E-state index >= 15 is 0 Å². The van der Waals surface area contributed by atoms with Gasteiger partial charge < -0.3 is 15.2 Å². The third-order valence-corrected chi connectivity index (χ3v) is 2.86. The minimum Gasteiger partial charge on any atom is -0.380 e. The molecule has 2 N–H and O–H groups in total. The summed E-state index contributed by atoms with van der Waals surface area (Å²) in [6.45, 7) is 7.94. The van der Waals surface area contributed by atoms with Gasteiger partial charge in [0, 0.05) is 33.3 Å². The van der Waals surface area contributed by atoms with E-state index in [1.165, 1.54) is 0 Å². The van der Waals surface area contributed by atoms with Crippen molar-refractivity contribution in [2.24, 2.45) is 5.73 Å². The lowest BCUT2D eigenvalue weighted by atomic mass is 10.2. The van der Waals surface area contributed by atoms with Gasteiger partial charge in [-0.1, -0.05) is 0 Å². The molecule has 1 aliphatic heterocycles. The number of ether oxygens (including phenoxy) is 2. The third-order valence-electron chi connectivity index (χ3n) is 2.86. The number of methoxy groups -OCH3 is 1. The van der Waals surface area contributed by atoms with E-state index in [2.05, 4.69) is 18.7 Å². The molecule has 3 atom stereocenters. The molecule has 4 heteroatoms. The molecule has 1 aliphatic rings. The average Bonchev–Trinajstić information content (AvgIpc) is 2.18.